The van der Waals surface area contributed by atoms with Crippen LogP contribution in [-0.4, -0.2) is 46.2 Å². The van der Waals surface area contributed by atoms with Crippen LogP contribution in [0.1, 0.15) is 92.4 Å². The lowest BCUT2D eigenvalue weighted by Gasteiger charge is -2.61. The van der Waals surface area contributed by atoms with E-state index in [1.807, 2.05) is 0 Å². The van der Waals surface area contributed by atoms with Crippen molar-refractivity contribution in [2.75, 3.05) is 6.61 Å². The van der Waals surface area contributed by atoms with Crippen molar-refractivity contribution in [2.24, 2.45) is 46.3 Å². The monoisotopic (exact) mass is 476 g/mol. The highest BCUT2D eigenvalue weighted by atomic mass is 16.5. The minimum absolute atomic E-state index is 0.0135. The second kappa shape index (κ2) is 9.86. The molecule has 0 heterocycles. The Hall–Kier alpha value is -0.910. The van der Waals surface area contributed by atoms with Gasteiger partial charge in [-0.05, 0) is 67.6 Å². The summed E-state index contributed by atoms with van der Waals surface area (Å²) >= 11 is 0. The van der Waals surface area contributed by atoms with Crippen molar-refractivity contribution in [1.29, 1.82) is 0 Å². The van der Waals surface area contributed by atoms with Crippen LogP contribution in [0.15, 0.2) is 11.6 Å². The molecule has 0 spiro atoms. The molecule has 5 heteroatoms. The van der Waals surface area contributed by atoms with E-state index >= 15 is 0 Å². The first-order chi connectivity index (χ1) is 16.0. The summed E-state index contributed by atoms with van der Waals surface area (Å²) in [6.07, 6.45) is 8.94. The van der Waals surface area contributed by atoms with Gasteiger partial charge >= 0.3 is 5.97 Å². The molecule has 4 aliphatic rings. The predicted octanol–water partition coefficient (Wildman–Crippen LogP) is 4.87. The molecule has 34 heavy (non-hydrogen) atoms. The van der Waals surface area contributed by atoms with Gasteiger partial charge in [-0.1, -0.05) is 58.6 Å². The van der Waals surface area contributed by atoms with E-state index < -0.39 is 23.7 Å². The fraction of sp³-hybridized carbons (Fsp3) is 0.897. The smallest absolute Gasteiger partial charge is 0.302 e. The molecule has 0 saturated heterocycles. The Morgan fingerprint density at radius 2 is 1.91 bits per heavy atom. The number of hydrogen-bond acceptors (Lipinski definition) is 5. The Balaban J connectivity index is 1.65. The highest BCUT2D eigenvalue weighted by molar-refractivity contribution is 5.66. The van der Waals surface area contributed by atoms with Gasteiger partial charge in [0.2, 0.25) is 0 Å². The van der Waals surface area contributed by atoms with E-state index in [2.05, 4.69) is 33.8 Å². The molecule has 3 saturated carbocycles. The largest absolute Gasteiger partial charge is 0.465 e. The van der Waals surface area contributed by atoms with E-state index in [1.165, 1.54) is 26.2 Å². The zero-order valence-electron chi connectivity index (χ0n) is 22.0. The molecule has 0 amide bonds. The summed E-state index contributed by atoms with van der Waals surface area (Å²) in [4.78, 5) is 11.9. The average molecular weight is 477 g/mol. The van der Waals surface area contributed by atoms with Crippen LogP contribution < -0.4 is 0 Å². The molecule has 3 N–H and O–H groups in total. The SMILES string of the molecule is CC(=O)OC[C@]12CC(O)[C@H]3[C@@H](CC=C4CC(O)CC(O)[C@@]43C)[C@@H]1CC[C@@H]2[C@H](C)CCCC(C)C. The second-order valence-corrected chi connectivity index (χ2v) is 12.9. The number of ether oxygens (including phenoxy) is 1. The van der Waals surface area contributed by atoms with Crippen molar-refractivity contribution in [3.05, 3.63) is 11.6 Å². The molecule has 0 aliphatic heterocycles. The van der Waals surface area contributed by atoms with E-state index in [1.54, 1.807) is 0 Å². The van der Waals surface area contributed by atoms with Gasteiger partial charge in [-0.3, -0.25) is 4.79 Å². The number of carbonyl (C=O) groups is 1. The van der Waals surface area contributed by atoms with Crippen molar-refractivity contribution in [3.8, 4) is 0 Å². The summed E-state index contributed by atoms with van der Waals surface area (Å²) in [7, 11) is 0. The van der Waals surface area contributed by atoms with Gasteiger partial charge in [-0.2, -0.15) is 0 Å². The molecule has 5 nitrogen and oxygen atoms in total. The number of esters is 1. The maximum atomic E-state index is 11.9. The quantitative estimate of drug-likeness (QED) is 0.360. The molecule has 4 aliphatic carbocycles. The fourth-order valence-corrected chi connectivity index (χ4v) is 9.06. The number of fused-ring (bicyclic) bond motifs is 5. The van der Waals surface area contributed by atoms with E-state index in [0.29, 0.717) is 49.5 Å². The summed E-state index contributed by atoms with van der Waals surface area (Å²) < 4.78 is 5.76. The van der Waals surface area contributed by atoms with Crippen LogP contribution in [0.4, 0.5) is 0 Å². The average Bonchev–Trinajstić information content (AvgIpc) is 3.12. The lowest BCUT2D eigenvalue weighted by Crippen LogP contribution is -2.61. The van der Waals surface area contributed by atoms with Gasteiger partial charge in [0.05, 0.1) is 24.9 Å². The van der Waals surface area contributed by atoms with Gasteiger partial charge in [0.1, 0.15) is 0 Å². The van der Waals surface area contributed by atoms with E-state index in [0.717, 1.165) is 24.8 Å². The highest BCUT2D eigenvalue weighted by Crippen LogP contribution is 2.67. The molecule has 3 unspecified atom stereocenters. The van der Waals surface area contributed by atoms with Crippen LogP contribution in [0.25, 0.3) is 0 Å². The molecular formula is C29H48O5. The van der Waals surface area contributed by atoms with E-state index in [-0.39, 0.29) is 23.2 Å². The molecule has 4 rings (SSSR count). The first-order valence-corrected chi connectivity index (χ1v) is 13.9. The van der Waals surface area contributed by atoms with Crippen molar-refractivity contribution < 1.29 is 24.9 Å². The van der Waals surface area contributed by atoms with Gasteiger partial charge in [0.25, 0.3) is 0 Å². The van der Waals surface area contributed by atoms with Gasteiger partial charge < -0.3 is 20.1 Å². The Morgan fingerprint density at radius 3 is 2.59 bits per heavy atom. The molecule has 0 aromatic heterocycles. The zero-order valence-corrected chi connectivity index (χ0v) is 22.0. The predicted molar refractivity (Wildman–Crippen MR) is 133 cm³/mol. The van der Waals surface area contributed by atoms with Crippen LogP contribution in [0, 0.1) is 46.3 Å². The summed E-state index contributed by atoms with van der Waals surface area (Å²) in [5.74, 6) is 2.08. The topological polar surface area (TPSA) is 87.0 Å². The summed E-state index contributed by atoms with van der Waals surface area (Å²) in [6.45, 7) is 10.9. The molecule has 0 aromatic carbocycles. The van der Waals surface area contributed by atoms with Crippen LogP contribution in [0.2, 0.25) is 0 Å². The van der Waals surface area contributed by atoms with Crippen LogP contribution >= 0.6 is 0 Å². The summed E-state index contributed by atoms with van der Waals surface area (Å²) in [5, 5.41) is 33.2. The minimum Gasteiger partial charge on any atom is -0.465 e. The van der Waals surface area contributed by atoms with E-state index in [9.17, 15) is 20.1 Å². The van der Waals surface area contributed by atoms with Gasteiger partial charge in [0.15, 0.2) is 0 Å². The van der Waals surface area contributed by atoms with Crippen molar-refractivity contribution in [2.45, 2.75) is 111 Å². The maximum absolute atomic E-state index is 11.9. The lowest BCUT2D eigenvalue weighted by atomic mass is 9.45. The van der Waals surface area contributed by atoms with E-state index in [4.69, 9.17) is 4.74 Å². The minimum atomic E-state index is -0.641. The molecule has 0 bridgehead atoms. The molecule has 194 valence electrons. The summed E-state index contributed by atoms with van der Waals surface area (Å²) in [5.41, 5.74) is 0.448. The van der Waals surface area contributed by atoms with Crippen LogP contribution in [0.3, 0.4) is 0 Å². The first-order valence-electron chi connectivity index (χ1n) is 13.9. The van der Waals surface area contributed by atoms with Crippen molar-refractivity contribution >= 4 is 5.97 Å². The third-order valence-corrected chi connectivity index (χ3v) is 10.6. The normalized spacial score (nSPS) is 44.6. The number of aliphatic hydroxyl groups is 3. The fourth-order valence-electron chi connectivity index (χ4n) is 9.06. The third-order valence-electron chi connectivity index (χ3n) is 10.6. The highest BCUT2D eigenvalue weighted by Gasteiger charge is 2.65. The first kappa shape index (κ1) is 26.2. The summed E-state index contributed by atoms with van der Waals surface area (Å²) in [6, 6.07) is 0. The van der Waals surface area contributed by atoms with Gasteiger partial charge in [-0.25, -0.2) is 0 Å². The maximum Gasteiger partial charge on any atom is 0.302 e. The Kier molecular flexibility index (Phi) is 7.59. The Morgan fingerprint density at radius 1 is 1.18 bits per heavy atom. The van der Waals surface area contributed by atoms with Crippen LogP contribution in [0.5, 0.6) is 0 Å². The lowest BCUT2D eigenvalue weighted by molar-refractivity contribution is -0.182. The molecule has 0 aromatic rings. The Bertz CT molecular complexity index is 776. The third kappa shape index (κ3) is 4.39. The van der Waals surface area contributed by atoms with Gasteiger partial charge in [0, 0.05) is 24.2 Å². The number of aliphatic hydroxyl groups excluding tert-OH is 3. The van der Waals surface area contributed by atoms with Gasteiger partial charge in [-0.15, -0.1) is 0 Å². The number of carbonyl (C=O) groups excluding carboxylic acids is 1. The number of hydrogen-bond donors (Lipinski definition) is 3. The Labute approximate surface area is 206 Å². The molecule has 0 radical (unpaired) electrons. The molecule has 3 fully saturated rings. The van der Waals surface area contributed by atoms with Crippen LogP contribution in [-0.2, 0) is 9.53 Å². The standard InChI is InChI=1S/C29H48O5/c1-17(2)7-6-8-18(3)23-11-12-24-22-10-9-20-13-21(31)14-26(33)28(20,5)27(22)25(32)15-29(23,24)16-34-19(4)30/h9,17-18,21-27,31-33H,6-8,10-16H2,1-5H3/t18-,21?,22+,23-,24+,25?,26?,27-,28-,29+/m1/s1. The molecular weight excluding hydrogens is 428 g/mol. The van der Waals surface area contributed by atoms with Crippen molar-refractivity contribution in [1.82, 2.24) is 0 Å². The zero-order chi connectivity index (χ0) is 24.8. The second-order valence-electron chi connectivity index (χ2n) is 12.9. The number of rotatable bonds is 7. The number of allylic oxidation sites excluding steroid dienone is 1. The van der Waals surface area contributed by atoms with Crippen molar-refractivity contribution in [3.63, 3.8) is 0 Å². The molecule has 10 atom stereocenters.